The molecule has 0 aliphatic heterocycles. The standard InChI is InChI=1S/C8H12NOS/c1-6-7(2)9(10)5-4-8(6)11-3/h4-5,10H,1-3H3/q+1. The van der Waals surface area contributed by atoms with Crippen LogP contribution in [0, 0.1) is 13.8 Å². The van der Waals surface area contributed by atoms with Crippen LogP contribution in [0.3, 0.4) is 0 Å². The highest BCUT2D eigenvalue weighted by atomic mass is 32.2. The van der Waals surface area contributed by atoms with E-state index in [9.17, 15) is 5.21 Å². The van der Waals surface area contributed by atoms with E-state index in [0.29, 0.717) is 0 Å². The lowest BCUT2D eigenvalue weighted by molar-refractivity contribution is -0.909. The van der Waals surface area contributed by atoms with E-state index in [1.807, 2.05) is 26.2 Å². The molecular formula is C8H12NOS+. The molecule has 1 N–H and O–H groups in total. The van der Waals surface area contributed by atoms with Crippen LogP contribution in [0.25, 0.3) is 0 Å². The van der Waals surface area contributed by atoms with E-state index in [2.05, 4.69) is 0 Å². The van der Waals surface area contributed by atoms with Crippen LogP contribution in [0.4, 0.5) is 0 Å². The molecule has 1 rings (SSSR count). The van der Waals surface area contributed by atoms with Crippen LogP contribution in [0.2, 0.25) is 0 Å². The van der Waals surface area contributed by atoms with E-state index < -0.39 is 0 Å². The summed E-state index contributed by atoms with van der Waals surface area (Å²) in [5, 5.41) is 9.23. The summed E-state index contributed by atoms with van der Waals surface area (Å²) in [7, 11) is 0. The molecule has 2 nitrogen and oxygen atoms in total. The van der Waals surface area contributed by atoms with Crippen molar-refractivity contribution in [3.05, 3.63) is 23.5 Å². The van der Waals surface area contributed by atoms with Gasteiger partial charge in [0.05, 0.1) is 0 Å². The molecule has 1 aromatic rings. The van der Waals surface area contributed by atoms with Gasteiger partial charge in [-0.2, -0.15) is 0 Å². The number of hydrogen-bond donors (Lipinski definition) is 1. The Bertz CT molecular complexity index is 273. The molecule has 3 heteroatoms. The second-order valence-corrected chi connectivity index (χ2v) is 3.29. The third kappa shape index (κ3) is 1.48. The summed E-state index contributed by atoms with van der Waals surface area (Å²) in [4.78, 5) is 1.22. The lowest BCUT2D eigenvalue weighted by atomic mass is 10.2. The Balaban J connectivity index is 3.25. The predicted octanol–water partition coefficient (Wildman–Crippen LogP) is 1.55. The van der Waals surface area contributed by atoms with Gasteiger partial charge in [-0.05, 0) is 13.2 Å². The number of thioether (sulfide) groups is 1. The highest BCUT2D eigenvalue weighted by molar-refractivity contribution is 7.98. The fourth-order valence-corrected chi connectivity index (χ4v) is 1.60. The van der Waals surface area contributed by atoms with Gasteiger partial charge in [0.15, 0.2) is 0 Å². The lowest BCUT2D eigenvalue weighted by Gasteiger charge is -2.00. The zero-order valence-electron chi connectivity index (χ0n) is 6.96. The first-order valence-electron chi connectivity index (χ1n) is 3.42. The van der Waals surface area contributed by atoms with Gasteiger partial charge in [0.25, 0.3) is 0 Å². The molecule has 0 atom stereocenters. The summed E-state index contributed by atoms with van der Waals surface area (Å²) >= 11 is 1.69. The van der Waals surface area contributed by atoms with Crippen LogP contribution in [0.15, 0.2) is 17.2 Å². The normalized spacial score (nSPS) is 10.1. The molecule has 1 aromatic heterocycles. The molecule has 0 aromatic carbocycles. The minimum atomic E-state index is 0.900. The number of pyridine rings is 1. The van der Waals surface area contributed by atoms with E-state index in [1.54, 1.807) is 18.0 Å². The van der Waals surface area contributed by atoms with Crippen molar-refractivity contribution >= 4 is 11.8 Å². The summed E-state index contributed by atoms with van der Waals surface area (Å²) in [5.74, 6) is 0. The van der Waals surface area contributed by atoms with Gasteiger partial charge in [-0.3, -0.25) is 5.21 Å². The van der Waals surface area contributed by atoms with Crippen molar-refractivity contribution in [2.75, 3.05) is 6.26 Å². The molecule has 1 heterocycles. The molecule has 0 bridgehead atoms. The summed E-state index contributed by atoms with van der Waals surface area (Å²) in [6, 6.07) is 1.91. The third-order valence-corrected chi connectivity index (χ3v) is 2.73. The smallest absolute Gasteiger partial charge is 0.235 e. The quantitative estimate of drug-likeness (QED) is 0.393. The number of rotatable bonds is 1. The van der Waals surface area contributed by atoms with E-state index in [-0.39, 0.29) is 0 Å². The van der Waals surface area contributed by atoms with Gasteiger partial charge in [-0.15, -0.1) is 11.8 Å². The highest BCUT2D eigenvalue weighted by Crippen LogP contribution is 2.18. The zero-order valence-corrected chi connectivity index (χ0v) is 7.77. The SMILES string of the molecule is CSc1cc[n+](O)c(C)c1C. The van der Waals surface area contributed by atoms with Crippen molar-refractivity contribution in [1.29, 1.82) is 0 Å². The molecule has 60 valence electrons. The van der Waals surface area contributed by atoms with Crippen LogP contribution >= 0.6 is 11.8 Å². The third-order valence-electron chi connectivity index (χ3n) is 1.84. The average molecular weight is 170 g/mol. The van der Waals surface area contributed by atoms with Crippen molar-refractivity contribution in [1.82, 2.24) is 0 Å². The Hall–Kier alpha value is -0.700. The average Bonchev–Trinajstić information content (AvgIpc) is 2.01. The van der Waals surface area contributed by atoms with Gasteiger partial charge < -0.3 is 0 Å². The minimum Gasteiger partial charge on any atom is -0.285 e. The zero-order chi connectivity index (χ0) is 8.43. The van der Waals surface area contributed by atoms with Crippen LogP contribution in [-0.4, -0.2) is 11.5 Å². The fourth-order valence-electron chi connectivity index (χ4n) is 0.946. The van der Waals surface area contributed by atoms with Gasteiger partial charge in [0, 0.05) is 28.2 Å². The molecule has 0 spiro atoms. The maximum Gasteiger partial charge on any atom is 0.235 e. The molecule has 0 unspecified atom stereocenters. The van der Waals surface area contributed by atoms with Gasteiger partial charge in [0.1, 0.15) is 0 Å². The molecule has 0 radical (unpaired) electrons. The van der Waals surface area contributed by atoms with E-state index >= 15 is 0 Å². The molecule has 11 heavy (non-hydrogen) atoms. The summed E-state index contributed by atoms with van der Waals surface area (Å²) in [6.07, 6.45) is 3.69. The number of hydrogen-bond acceptors (Lipinski definition) is 2. The summed E-state index contributed by atoms with van der Waals surface area (Å²) in [5.41, 5.74) is 2.04. The Morgan fingerprint density at radius 1 is 1.45 bits per heavy atom. The molecule has 0 amide bonds. The Labute approximate surface area is 70.8 Å². The molecule has 0 saturated heterocycles. The molecule has 0 fully saturated rings. The number of aromatic nitrogens is 1. The van der Waals surface area contributed by atoms with Gasteiger partial charge in [-0.1, -0.05) is 0 Å². The second kappa shape index (κ2) is 3.13. The minimum absolute atomic E-state index is 0.900. The fraction of sp³-hybridized carbons (Fsp3) is 0.375. The van der Waals surface area contributed by atoms with Crippen LogP contribution in [0.1, 0.15) is 11.3 Å². The van der Waals surface area contributed by atoms with Gasteiger partial charge >= 0.3 is 0 Å². The van der Waals surface area contributed by atoms with Crippen LogP contribution < -0.4 is 4.73 Å². The molecule has 0 saturated carbocycles. The first-order chi connectivity index (χ1) is 5.16. The van der Waals surface area contributed by atoms with Crippen LogP contribution in [0.5, 0.6) is 0 Å². The highest BCUT2D eigenvalue weighted by Gasteiger charge is 2.10. The van der Waals surface area contributed by atoms with E-state index in [1.165, 1.54) is 4.90 Å². The Morgan fingerprint density at radius 2 is 2.09 bits per heavy atom. The first-order valence-corrected chi connectivity index (χ1v) is 4.64. The van der Waals surface area contributed by atoms with Crippen LogP contribution in [-0.2, 0) is 0 Å². The Morgan fingerprint density at radius 3 is 2.64 bits per heavy atom. The second-order valence-electron chi connectivity index (χ2n) is 2.44. The van der Waals surface area contributed by atoms with E-state index in [0.717, 1.165) is 16.0 Å². The maximum absolute atomic E-state index is 9.23. The number of nitrogens with zero attached hydrogens (tertiary/aromatic N) is 1. The maximum atomic E-state index is 9.23. The van der Waals surface area contributed by atoms with Crippen molar-refractivity contribution in [3.63, 3.8) is 0 Å². The van der Waals surface area contributed by atoms with Gasteiger partial charge in [0.2, 0.25) is 11.9 Å². The summed E-state index contributed by atoms with van der Waals surface area (Å²) in [6.45, 7) is 3.91. The van der Waals surface area contributed by atoms with Crippen molar-refractivity contribution in [2.24, 2.45) is 0 Å². The Kier molecular flexibility index (Phi) is 2.39. The van der Waals surface area contributed by atoms with E-state index in [4.69, 9.17) is 0 Å². The molecule has 0 aliphatic rings. The van der Waals surface area contributed by atoms with Crippen molar-refractivity contribution < 1.29 is 9.94 Å². The van der Waals surface area contributed by atoms with Crippen molar-refractivity contribution in [3.8, 4) is 0 Å². The monoisotopic (exact) mass is 170 g/mol. The molecular weight excluding hydrogens is 158 g/mol. The predicted molar refractivity (Wildman–Crippen MR) is 45.1 cm³/mol. The lowest BCUT2D eigenvalue weighted by Crippen LogP contribution is -2.33. The topological polar surface area (TPSA) is 24.1 Å². The van der Waals surface area contributed by atoms with Crippen molar-refractivity contribution in [2.45, 2.75) is 18.7 Å². The summed E-state index contributed by atoms with van der Waals surface area (Å²) < 4.78 is 1.15. The molecule has 0 aliphatic carbocycles. The van der Waals surface area contributed by atoms with Gasteiger partial charge in [-0.25, -0.2) is 0 Å². The first kappa shape index (κ1) is 8.40. The largest absolute Gasteiger partial charge is 0.285 e.